The highest BCUT2D eigenvalue weighted by molar-refractivity contribution is 7.99. The zero-order valence-electron chi connectivity index (χ0n) is 18.8. The van der Waals surface area contributed by atoms with E-state index in [-0.39, 0.29) is 24.7 Å². The van der Waals surface area contributed by atoms with Crippen LogP contribution in [0.15, 0.2) is 51.7 Å². The average molecular weight is 478 g/mol. The van der Waals surface area contributed by atoms with E-state index in [4.69, 9.17) is 14.4 Å². The van der Waals surface area contributed by atoms with Crippen LogP contribution < -0.4 is 15.7 Å². The first-order valence-corrected chi connectivity index (χ1v) is 11.9. The first-order chi connectivity index (χ1) is 16.4. The Labute approximate surface area is 200 Å². The number of nitrogens with zero attached hydrogens (tertiary/aromatic N) is 2. The second-order valence-electron chi connectivity index (χ2n) is 7.91. The number of fused-ring (bicyclic) bond motifs is 1. The third-order valence-corrected chi connectivity index (χ3v) is 6.88. The van der Waals surface area contributed by atoms with E-state index in [1.165, 1.54) is 11.8 Å². The Bertz CT molecular complexity index is 1340. The maximum atomic E-state index is 13.0. The standard InChI is InChI=1S/C25H23N3O5S/c1-15-19-8-7-18(32-2)11-22(19)33-25(31)20(15)9-10-23(29)28-14-34-13-21(28)24(30)27-17-5-3-16(12-26)4-6-17/h3-8,11,21H,9-10,13-14H2,1-2H3,(H,27,30). The summed E-state index contributed by atoms with van der Waals surface area (Å²) >= 11 is 1.51. The van der Waals surface area contributed by atoms with E-state index in [1.54, 1.807) is 48.4 Å². The minimum Gasteiger partial charge on any atom is -0.497 e. The minimum absolute atomic E-state index is 0.0917. The SMILES string of the molecule is COc1ccc2c(C)c(CCC(=O)N3CSCC3C(=O)Nc3ccc(C#N)cc3)c(=O)oc2c1. The van der Waals surface area contributed by atoms with Gasteiger partial charge in [-0.15, -0.1) is 11.8 Å². The van der Waals surface area contributed by atoms with Crippen LogP contribution >= 0.6 is 11.8 Å². The number of carbonyl (C=O) groups excluding carboxylic acids is 2. The Morgan fingerprint density at radius 3 is 2.74 bits per heavy atom. The lowest BCUT2D eigenvalue weighted by atomic mass is 10.0. The van der Waals surface area contributed by atoms with E-state index in [0.29, 0.717) is 39.8 Å². The van der Waals surface area contributed by atoms with Crippen molar-refractivity contribution in [2.75, 3.05) is 24.1 Å². The Balaban J connectivity index is 1.44. The molecule has 174 valence electrons. The van der Waals surface area contributed by atoms with Gasteiger partial charge < -0.3 is 19.4 Å². The summed E-state index contributed by atoms with van der Waals surface area (Å²) in [5.74, 6) is 1.02. The zero-order chi connectivity index (χ0) is 24.2. The van der Waals surface area contributed by atoms with Crippen molar-refractivity contribution in [1.29, 1.82) is 5.26 Å². The third kappa shape index (κ3) is 4.77. The number of aryl methyl sites for hydroxylation is 1. The maximum Gasteiger partial charge on any atom is 0.339 e. The number of hydrogen-bond acceptors (Lipinski definition) is 7. The number of ether oxygens (including phenoxy) is 1. The van der Waals surface area contributed by atoms with Gasteiger partial charge in [-0.3, -0.25) is 9.59 Å². The quantitative estimate of drug-likeness (QED) is 0.541. The van der Waals surface area contributed by atoms with Gasteiger partial charge in [-0.05, 0) is 55.3 Å². The van der Waals surface area contributed by atoms with Crippen LogP contribution in [0.4, 0.5) is 5.69 Å². The number of thioether (sulfide) groups is 1. The molecule has 0 radical (unpaired) electrons. The molecular formula is C25H23N3O5S. The molecule has 1 N–H and O–H groups in total. The summed E-state index contributed by atoms with van der Waals surface area (Å²) in [6, 6.07) is 13.3. The number of anilines is 1. The van der Waals surface area contributed by atoms with Gasteiger partial charge >= 0.3 is 5.63 Å². The molecule has 4 rings (SSSR count). The molecule has 0 bridgehead atoms. The molecule has 1 aromatic heterocycles. The number of amides is 2. The Morgan fingerprint density at radius 2 is 2.03 bits per heavy atom. The summed E-state index contributed by atoms with van der Waals surface area (Å²) < 4.78 is 10.7. The molecule has 0 saturated carbocycles. The van der Waals surface area contributed by atoms with Crippen molar-refractivity contribution in [1.82, 2.24) is 4.90 Å². The molecule has 0 spiro atoms. The maximum absolute atomic E-state index is 13.0. The monoisotopic (exact) mass is 477 g/mol. The topological polar surface area (TPSA) is 113 Å². The highest BCUT2D eigenvalue weighted by atomic mass is 32.2. The lowest BCUT2D eigenvalue weighted by Crippen LogP contribution is -2.44. The molecule has 2 aromatic carbocycles. The van der Waals surface area contributed by atoms with Crippen molar-refractivity contribution in [2.24, 2.45) is 0 Å². The third-order valence-electron chi connectivity index (χ3n) is 5.87. The molecule has 1 aliphatic rings. The Morgan fingerprint density at radius 1 is 1.26 bits per heavy atom. The summed E-state index contributed by atoms with van der Waals surface area (Å²) in [4.78, 5) is 39.9. The van der Waals surface area contributed by atoms with E-state index in [0.717, 1.165) is 10.9 Å². The van der Waals surface area contributed by atoms with Crippen molar-refractivity contribution in [3.05, 3.63) is 69.6 Å². The molecule has 0 aliphatic carbocycles. The number of carbonyl (C=O) groups is 2. The molecule has 34 heavy (non-hydrogen) atoms. The fourth-order valence-electron chi connectivity index (χ4n) is 3.93. The molecule has 1 fully saturated rings. The van der Waals surface area contributed by atoms with Crippen LogP contribution in [-0.2, 0) is 16.0 Å². The first kappa shape index (κ1) is 23.4. The van der Waals surface area contributed by atoms with Gasteiger partial charge in [0, 0.05) is 34.9 Å². The van der Waals surface area contributed by atoms with Gasteiger partial charge in [0.05, 0.1) is 24.6 Å². The van der Waals surface area contributed by atoms with Crippen molar-refractivity contribution in [3.8, 4) is 11.8 Å². The summed E-state index contributed by atoms with van der Waals surface area (Å²) in [6.07, 6.45) is 0.314. The van der Waals surface area contributed by atoms with Gasteiger partial charge in [0.15, 0.2) is 0 Å². The molecule has 1 atom stereocenters. The lowest BCUT2D eigenvalue weighted by Gasteiger charge is -2.23. The second-order valence-corrected chi connectivity index (χ2v) is 8.91. The number of nitrogens with one attached hydrogen (secondary N) is 1. The molecule has 1 saturated heterocycles. The Kier molecular flexibility index (Phi) is 6.89. The molecule has 9 heteroatoms. The molecular weight excluding hydrogens is 454 g/mol. The number of methoxy groups -OCH3 is 1. The van der Waals surface area contributed by atoms with Crippen LogP contribution in [0.5, 0.6) is 5.75 Å². The number of benzene rings is 2. The van der Waals surface area contributed by atoms with Crippen LogP contribution in [0.25, 0.3) is 11.0 Å². The highest BCUT2D eigenvalue weighted by Crippen LogP contribution is 2.26. The van der Waals surface area contributed by atoms with Crippen LogP contribution in [0.3, 0.4) is 0 Å². The molecule has 3 aromatic rings. The van der Waals surface area contributed by atoms with E-state index >= 15 is 0 Å². The zero-order valence-corrected chi connectivity index (χ0v) is 19.6. The largest absolute Gasteiger partial charge is 0.497 e. The normalized spacial score (nSPS) is 15.2. The molecule has 8 nitrogen and oxygen atoms in total. The fourth-order valence-corrected chi connectivity index (χ4v) is 5.11. The summed E-state index contributed by atoms with van der Waals surface area (Å²) in [5, 5.41) is 12.5. The summed E-state index contributed by atoms with van der Waals surface area (Å²) in [7, 11) is 1.54. The van der Waals surface area contributed by atoms with Gasteiger partial charge in [-0.25, -0.2) is 4.79 Å². The van der Waals surface area contributed by atoms with Crippen molar-refractivity contribution in [2.45, 2.75) is 25.8 Å². The van der Waals surface area contributed by atoms with Crippen LogP contribution in [0, 0.1) is 18.3 Å². The minimum atomic E-state index is -0.602. The number of rotatable bonds is 6. The predicted molar refractivity (Wildman–Crippen MR) is 130 cm³/mol. The van der Waals surface area contributed by atoms with Crippen molar-refractivity contribution >= 4 is 40.2 Å². The highest BCUT2D eigenvalue weighted by Gasteiger charge is 2.34. The van der Waals surface area contributed by atoms with Gasteiger partial charge in [0.25, 0.3) is 0 Å². The smallest absolute Gasteiger partial charge is 0.339 e. The lowest BCUT2D eigenvalue weighted by molar-refractivity contribution is -0.136. The Hall–Kier alpha value is -3.77. The second kappa shape index (κ2) is 10.0. The molecule has 1 unspecified atom stereocenters. The first-order valence-electron chi connectivity index (χ1n) is 10.7. The summed E-state index contributed by atoms with van der Waals surface area (Å²) in [6.45, 7) is 1.84. The van der Waals surface area contributed by atoms with Crippen LogP contribution in [-0.4, -0.2) is 41.5 Å². The van der Waals surface area contributed by atoms with Gasteiger partial charge in [-0.2, -0.15) is 5.26 Å². The molecule has 1 aliphatic heterocycles. The van der Waals surface area contributed by atoms with Crippen molar-refractivity contribution < 1.29 is 18.7 Å². The fraction of sp³-hybridized carbons (Fsp3) is 0.280. The van der Waals surface area contributed by atoms with Crippen LogP contribution in [0.2, 0.25) is 0 Å². The number of nitriles is 1. The van der Waals surface area contributed by atoms with E-state index in [2.05, 4.69) is 5.32 Å². The van der Waals surface area contributed by atoms with E-state index in [9.17, 15) is 14.4 Å². The van der Waals surface area contributed by atoms with Crippen LogP contribution in [0.1, 0.15) is 23.1 Å². The molecule has 2 amide bonds. The van der Waals surface area contributed by atoms with Gasteiger partial charge in [0.1, 0.15) is 17.4 Å². The van der Waals surface area contributed by atoms with E-state index in [1.807, 2.05) is 19.1 Å². The van der Waals surface area contributed by atoms with Gasteiger partial charge in [-0.1, -0.05) is 0 Å². The van der Waals surface area contributed by atoms with E-state index < -0.39 is 11.7 Å². The average Bonchev–Trinajstić information content (AvgIpc) is 3.34. The van der Waals surface area contributed by atoms with Crippen molar-refractivity contribution in [3.63, 3.8) is 0 Å². The molecule has 2 heterocycles. The summed E-state index contributed by atoms with van der Waals surface area (Å²) in [5.41, 5.74) is 2.25. The number of hydrogen-bond donors (Lipinski definition) is 1. The van der Waals surface area contributed by atoms with Gasteiger partial charge in [0.2, 0.25) is 11.8 Å². The predicted octanol–water partition coefficient (Wildman–Crippen LogP) is 3.45.